The van der Waals surface area contributed by atoms with Gasteiger partial charge in [0.25, 0.3) is 16.7 Å². The molecular formula is C47H38ClF2N7O3. The fourth-order valence-corrected chi connectivity index (χ4v) is 7.08. The molecule has 10 nitrogen and oxygen atoms in total. The molecule has 0 radical (unpaired) electrons. The summed E-state index contributed by atoms with van der Waals surface area (Å²) in [7, 11) is 0. The van der Waals surface area contributed by atoms with Gasteiger partial charge in [0.05, 0.1) is 33.1 Å². The van der Waals surface area contributed by atoms with E-state index in [1.807, 2.05) is 93.6 Å². The maximum absolute atomic E-state index is 13.9. The van der Waals surface area contributed by atoms with E-state index in [-0.39, 0.29) is 22.4 Å². The van der Waals surface area contributed by atoms with Crippen molar-refractivity contribution < 1.29 is 8.78 Å². The molecule has 60 heavy (non-hydrogen) atoms. The van der Waals surface area contributed by atoms with Crippen molar-refractivity contribution in [1.29, 1.82) is 0 Å². The Balaban J connectivity index is 0.000000136. The van der Waals surface area contributed by atoms with E-state index in [0.29, 0.717) is 47.1 Å². The van der Waals surface area contributed by atoms with Crippen LogP contribution in [0.15, 0.2) is 154 Å². The molecule has 0 saturated heterocycles. The van der Waals surface area contributed by atoms with Crippen molar-refractivity contribution in [3.63, 3.8) is 0 Å². The molecule has 300 valence electrons. The minimum absolute atomic E-state index is 0.0748. The SMILES string of the molecule is CCn1c(=O)c(-c2cc(F)ccc2F)nc2ccccc21.CCn1c(=O)c(-c2cccc(Cl)c2)nc2ccccc21.CCn1c(=O)c(-c2cccnc2)nc2ccccc21. The van der Waals surface area contributed by atoms with Crippen molar-refractivity contribution in [3.05, 3.63) is 188 Å². The molecular weight excluding hydrogens is 784 g/mol. The zero-order valence-corrected chi connectivity index (χ0v) is 33.6. The van der Waals surface area contributed by atoms with E-state index in [1.165, 1.54) is 4.57 Å². The van der Waals surface area contributed by atoms with Gasteiger partial charge in [-0.2, -0.15) is 0 Å². The minimum Gasteiger partial charge on any atom is -0.305 e. The van der Waals surface area contributed by atoms with Crippen LogP contribution in [0.5, 0.6) is 0 Å². The Labute approximate surface area is 347 Å². The molecule has 9 aromatic rings. The molecule has 13 heteroatoms. The van der Waals surface area contributed by atoms with E-state index < -0.39 is 17.2 Å². The average Bonchev–Trinajstić information content (AvgIpc) is 3.27. The second kappa shape index (κ2) is 18.2. The van der Waals surface area contributed by atoms with E-state index >= 15 is 0 Å². The first-order chi connectivity index (χ1) is 29.1. The van der Waals surface area contributed by atoms with Gasteiger partial charge in [-0.25, -0.2) is 23.7 Å². The van der Waals surface area contributed by atoms with Crippen LogP contribution in [0.3, 0.4) is 0 Å². The summed E-state index contributed by atoms with van der Waals surface area (Å²) in [5.74, 6) is -1.28. The highest BCUT2D eigenvalue weighted by molar-refractivity contribution is 6.30. The van der Waals surface area contributed by atoms with Gasteiger partial charge in [-0.3, -0.25) is 19.4 Å². The van der Waals surface area contributed by atoms with E-state index in [0.717, 1.165) is 51.4 Å². The van der Waals surface area contributed by atoms with Crippen molar-refractivity contribution in [2.24, 2.45) is 0 Å². The highest BCUT2D eigenvalue weighted by Gasteiger charge is 2.17. The molecule has 4 heterocycles. The number of fused-ring (bicyclic) bond motifs is 3. The number of rotatable bonds is 6. The number of aromatic nitrogens is 7. The quantitative estimate of drug-likeness (QED) is 0.164. The molecule has 0 N–H and O–H groups in total. The van der Waals surface area contributed by atoms with Gasteiger partial charge in [0.1, 0.15) is 28.7 Å². The summed E-state index contributed by atoms with van der Waals surface area (Å²) in [4.78, 5) is 54.8. The average molecular weight is 822 g/mol. The Morgan fingerprint density at radius 1 is 0.517 bits per heavy atom. The molecule has 0 spiro atoms. The lowest BCUT2D eigenvalue weighted by molar-refractivity contribution is 0.602. The predicted molar refractivity (Wildman–Crippen MR) is 234 cm³/mol. The molecule has 0 aliphatic heterocycles. The third-order valence-corrected chi connectivity index (χ3v) is 9.96. The van der Waals surface area contributed by atoms with Gasteiger partial charge < -0.3 is 13.7 Å². The lowest BCUT2D eigenvalue weighted by Gasteiger charge is -2.10. The molecule has 0 atom stereocenters. The fourth-order valence-electron chi connectivity index (χ4n) is 6.89. The number of halogens is 3. The van der Waals surface area contributed by atoms with Gasteiger partial charge in [0.15, 0.2) is 0 Å². The second-order valence-corrected chi connectivity index (χ2v) is 13.8. The third kappa shape index (κ3) is 8.36. The first-order valence-corrected chi connectivity index (χ1v) is 19.6. The number of aryl methyl sites for hydroxylation is 3. The third-order valence-electron chi connectivity index (χ3n) is 9.72. The van der Waals surface area contributed by atoms with Crippen LogP contribution in [0.1, 0.15) is 20.8 Å². The van der Waals surface area contributed by atoms with Crippen LogP contribution in [0.2, 0.25) is 5.02 Å². The summed E-state index contributed by atoms with van der Waals surface area (Å²) in [6, 6.07) is 36.3. The van der Waals surface area contributed by atoms with E-state index in [4.69, 9.17) is 11.6 Å². The Morgan fingerprint density at radius 2 is 0.983 bits per heavy atom. The summed E-state index contributed by atoms with van der Waals surface area (Å²) >= 11 is 6.00. The Hall–Kier alpha value is -7.18. The zero-order chi connectivity index (χ0) is 42.3. The van der Waals surface area contributed by atoms with Gasteiger partial charge >= 0.3 is 0 Å². The topological polar surface area (TPSA) is 118 Å². The number of hydrogen-bond acceptors (Lipinski definition) is 7. The molecule has 5 aromatic carbocycles. The molecule has 4 aromatic heterocycles. The first-order valence-electron chi connectivity index (χ1n) is 19.2. The van der Waals surface area contributed by atoms with Crippen molar-refractivity contribution in [3.8, 4) is 33.8 Å². The molecule has 0 aliphatic rings. The molecule has 0 amide bonds. The van der Waals surface area contributed by atoms with E-state index in [2.05, 4.69) is 19.9 Å². The molecule has 0 fully saturated rings. The van der Waals surface area contributed by atoms with E-state index in [1.54, 1.807) is 57.9 Å². The lowest BCUT2D eigenvalue weighted by Crippen LogP contribution is -2.23. The summed E-state index contributed by atoms with van der Waals surface area (Å²) in [6.45, 7) is 7.38. The highest BCUT2D eigenvalue weighted by atomic mass is 35.5. The lowest BCUT2D eigenvalue weighted by atomic mass is 10.1. The zero-order valence-electron chi connectivity index (χ0n) is 32.9. The maximum Gasteiger partial charge on any atom is 0.277 e. The van der Waals surface area contributed by atoms with Gasteiger partial charge in [-0.15, -0.1) is 0 Å². The number of benzene rings is 5. The number of para-hydroxylation sites is 6. The summed E-state index contributed by atoms with van der Waals surface area (Å²) in [5.41, 5.74) is 6.18. The molecule has 0 saturated carbocycles. The monoisotopic (exact) mass is 821 g/mol. The van der Waals surface area contributed by atoms with Crippen LogP contribution in [0.25, 0.3) is 66.9 Å². The summed E-state index contributed by atoms with van der Waals surface area (Å²) in [5, 5.41) is 0.597. The van der Waals surface area contributed by atoms with Crippen LogP contribution in [-0.4, -0.2) is 33.6 Å². The summed E-state index contributed by atoms with van der Waals surface area (Å²) in [6.07, 6.45) is 3.35. The minimum atomic E-state index is -0.668. The Morgan fingerprint density at radius 3 is 1.47 bits per heavy atom. The first kappa shape index (κ1) is 41.0. The van der Waals surface area contributed by atoms with Crippen molar-refractivity contribution in [2.75, 3.05) is 0 Å². The maximum atomic E-state index is 13.9. The van der Waals surface area contributed by atoms with Crippen molar-refractivity contribution >= 4 is 44.7 Å². The highest BCUT2D eigenvalue weighted by Crippen LogP contribution is 2.23. The van der Waals surface area contributed by atoms with Crippen LogP contribution >= 0.6 is 11.6 Å². The van der Waals surface area contributed by atoms with Crippen LogP contribution in [0, 0.1) is 11.6 Å². The second-order valence-electron chi connectivity index (χ2n) is 13.4. The molecule has 0 unspecified atom stereocenters. The van der Waals surface area contributed by atoms with Crippen LogP contribution in [-0.2, 0) is 19.6 Å². The van der Waals surface area contributed by atoms with Gasteiger partial charge in [-0.1, -0.05) is 60.1 Å². The number of hydrogen-bond donors (Lipinski definition) is 0. The smallest absolute Gasteiger partial charge is 0.277 e. The number of nitrogens with zero attached hydrogens (tertiary/aromatic N) is 7. The van der Waals surface area contributed by atoms with Crippen LogP contribution < -0.4 is 16.7 Å². The van der Waals surface area contributed by atoms with E-state index in [9.17, 15) is 23.2 Å². The fraction of sp³-hybridized carbons (Fsp3) is 0.128. The van der Waals surface area contributed by atoms with Gasteiger partial charge in [-0.05, 0) is 99.6 Å². The number of pyridine rings is 1. The summed E-state index contributed by atoms with van der Waals surface area (Å²) < 4.78 is 32.3. The van der Waals surface area contributed by atoms with Crippen LogP contribution in [0.4, 0.5) is 8.78 Å². The van der Waals surface area contributed by atoms with Gasteiger partial charge in [0.2, 0.25) is 0 Å². The normalized spacial score (nSPS) is 10.9. The van der Waals surface area contributed by atoms with Crippen molar-refractivity contribution in [1.82, 2.24) is 33.6 Å². The Bertz CT molecular complexity index is 3190. The predicted octanol–water partition coefficient (Wildman–Crippen LogP) is 9.58. The molecule has 9 rings (SSSR count). The standard InChI is InChI=1S/C16H13ClN2O.C16H12F2N2O.C15H13N3O/c1-2-19-14-9-4-3-8-13(14)18-15(16(19)20)11-6-5-7-12(17)10-11;1-2-20-14-6-4-3-5-13(14)19-15(16(20)21)11-9-10(17)7-8-12(11)18;1-2-18-13-8-4-3-7-12(13)17-14(15(18)19)11-6-5-9-16-10-11/h3-10H,2H2,1H3;3-9H,2H2,1H3;3-10H,2H2,1H3. The molecule has 0 bridgehead atoms. The van der Waals surface area contributed by atoms with Gasteiger partial charge in [0, 0.05) is 53.7 Å². The largest absolute Gasteiger partial charge is 0.305 e. The Kier molecular flexibility index (Phi) is 12.4. The molecule has 0 aliphatic carbocycles. The van der Waals surface area contributed by atoms with Crippen molar-refractivity contribution in [2.45, 2.75) is 40.4 Å².